The largest absolute Gasteiger partial charge is 0.455 e. The number of thioether (sulfide) groups is 2. The minimum atomic E-state index is -0.883. The Kier molecular flexibility index (Phi) is 8.28. The van der Waals surface area contributed by atoms with Crippen LogP contribution in [-0.4, -0.2) is 90.2 Å². The second-order valence-corrected chi connectivity index (χ2v) is 10.6. The molecule has 2 amide bonds. The first-order chi connectivity index (χ1) is 17.3. The number of aromatic nitrogens is 5. The molecule has 0 radical (unpaired) electrons. The molecule has 190 valence electrons. The molecular formula is C19H19ClN8O5S3. The van der Waals surface area contributed by atoms with Gasteiger partial charge < -0.3 is 14.9 Å². The SMILES string of the molecule is C=C(Cl)COC(=O)C1=C(CSc2nnnn2C)CS[C@H]2C(NC(=O)C(=NOC)c3cscn3)C(=O)N12. The molecular weight excluding hydrogens is 552 g/mol. The van der Waals surface area contributed by atoms with E-state index in [0.29, 0.717) is 27.9 Å². The minimum absolute atomic E-state index is 0.0593. The van der Waals surface area contributed by atoms with Crippen molar-refractivity contribution in [3.8, 4) is 0 Å². The fourth-order valence-electron chi connectivity index (χ4n) is 3.33. The normalized spacial score (nSPS) is 19.5. The number of amides is 2. The highest BCUT2D eigenvalue weighted by molar-refractivity contribution is 8.01. The molecule has 2 aliphatic heterocycles. The van der Waals surface area contributed by atoms with Gasteiger partial charge in [0.25, 0.3) is 11.8 Å². The Morgan fingerprint density at radius 1 is 1.44 bits per heavy atom. The van der Waals surface area contributed by atoms with E-state index in [1.54, 1.807) is 17.9 Å². The molecule has 36 heavy (non-hydrogen) atoms. The number of thiazole rings is 1. The molecule has 1 unspecified atom stereocenters. The van der Waals surface area contributed by atoms with Gasteiger partial charge in [-0.1, -0.05) is 35.1 Å². The number of carbonyl (C=O) groups is 3. The maximum atomic E-state index is 13.2. The monoisotopic (exact) mass is 570 g/mol. The maximum absolute atomic E-state index is 13.2. The van der Waals surface area contributed by atoms with Gasteiger partial charge in [-0.15, -0.1) is 28.2 Å². The molecule has 13 nitrogen and oxygen atoms in total. The van der Waals surface area contributed by atoms with Crippen molar-refractivity contribution in [2.45, 2.75) is 16.6 Å². The van der Waals surface area contributed by atoms with Crippen LogP contribution in [0.3, 0.4) is 0 Å². The number of tetrazole rings is 1. The zero-order chi connectivity index (χ0) is 25.8. The van der Waals surface area contributed by atoms with E-state index in [1.807, 2.05) is 0 Å². The zero-order valence-electron chi connectivity index (χ0n) is 18.9. The lowest BCUT2D eigenvalue weighted by atomic mass is 10.0. The molecule has 4 heterocycles. The average molecular weight is 571 g/mol. The van der Waals surface area contributed by atoms with Crippen LogP contribution in [0.15, 0.2) is 44.1 Å². The first-order valence-electron chi connectivity index (χ1n) is 10.1. The van der Waals surface area contributed by atoms with E-state index in [-0.39, 0.29) is 23.0 Å². The Morgan fingerprint density at radius 2 is 2.25 bits per heavy atom. The quantitative estimate of drug-likeness (QED) is 0.141. The lowest BCUT2D eigenvalue weighted by Crippen LogP contribution is -2.71. The Bertz CT molecular complexity index is 1250. The summed E-state index contributed by atoms with van der Waals surface area (Å²) in [6, 6.07) is -0.883. The molecule has 1 saturated heterocycles. The Balaban J connectivity index is 1.54. The van der Waals surface area contributed by atoms with Crippen LogP contribution in [0, 0.1) is 0 Å². The van der Waals surface area contributed by atoms with E-state index >= 15 is 0 Å². The molecule has 17 heteroatoms. The van der Waals surface area contributed by atoms with E-state index < -0.39 is 29.2 Å². The summed E-state index contributed by atoms with van der Waals surface area (Å²) in [7, 11) is 3.00. The molecule has 1 fully saturated rings. The number of fused-ring (bicyclic) bond motifs is 1. The van der Waals surface area contributed by atoms with Crippen LogP contribution in [-0.2, 0) is 31.0 Å². The number of hydrogen-bond acceptors (Lipinski definition) is 13. The first-order valence-corrected chi connectivity index (χ1v) is 13.5. The van der Waals surface area contributed by atoms with Crippen molar-refractivity contribution < 1.29 is 24.0 Å². The summed E-state index contributed by atoms with van der Waals surface area (Å²) in [4.78, 5) is 49.2. The van der Waals surface area contributed by atoms with Crippen LogP contribution in [0.25, 0.3) is 0 Å². The molecule has 2 aromatic heterocycles. The lowest BCUT2D eigenvalue weighted by molar-refractivity contribution is -0.152. The number of ether oxygens (including phenoxy) is 1. The molecule has 1 N–H and O–H groups in total. The predicted molar refractivity (Wildman–Crippen MR) is 133 cm³/mol. The van der Waals surface area contributed by atoms with Crippen molar-refractivity contribution in [3.63, 3.8) is 0 Å². The summed E-state index contributed by atoms with van der Waals surface area (Å²) in [6.45, 7) is 3.31. The highest BCUT2D eigenvalue weighted by Gasteiger charge is 2.54. The van der Waals surface area contributed by atoms with Gasteiger partial charge in [-0.05, 0) is 16.0 Å². The van der Waals surface area contributed by atoms with E-state index in [4.69, 9.17) is 21.2 Å². The van der Waals surface area contributed by atoms with Crippen molar-refractivity contribution in [2.75, 3.05) is 25.2 Å². The second kappa shape index (κ2) is 11.4. The van der Waals surface area contributed by atoms with Gasteiger partial charge in [0, 0.05) is 29.0 Å². The molecule has 2 aromatic rings. The number of rotatable bonds is 10. The molecule has 4 rings (SSSR count). The van der Waals surface area contributed by atoms with E-state index in [0.717, 1.165) is 0 Å². The van der Waals surface area contributed by atoms with Gasteiger partial charge in [0.05, 0.1) is 5.51 Å². The van der Waals surface area contributed by atoms with Crippen molar-refractivity contribution in [1.29, 1.82) is 0 Å². The van der Waals surface area contributed by atoms with Crippen LogP contribution in [0.1, 0.15) is 5.69 Å². The van der Waals surface area contributed by atoms with Crippen LogP contribution < -0.4 is 5.32 Å². The predicted octanol–water partition coefficient (Wildman–Crippen LogP) is 0.759. The fourth-order valence-corrected chi connectivity index (χ4v) is 6.25. The van der Waals surface area contributed by atoms with Gasteiger partial charge in [-0.25, -0.2) is 14.5 Å². The summed E-state index contributed by atoms with van der Waals surface area (Å²) in [5.74, 6) is -1.04. The number of aryl methyl sites for hydroxylation is 1. The van der Waals surface area contributed by atoms with Crippen molar-refractivity contribution >= 4 is 70.0 Å². The van der Waals surface area contributed by atoms with Crippen LogP contribution in [0.5, 0.6) is 0 Å². The van der Waals surface area contributed by atoms with E-state index in [1.165, 1.54) is 51.6 Å². The van der Waals surface area contributed by atoms with Gasteiger partial charge >= 0.3 is 5.97 Å². The zero-order valence-corrected chi connectivity index (χ0v) is 22.1. The number of nitrogens with zero attached hydrogens (tertiary/aromatic N) is 7. The van der Waals surface area contributed by atoms with Gasteiger partial charge in [0.2, 0.25) is 5.16 Å². The van der Waals surface area contributed by atoms with Gasteiger partial charge in [-0.3, -0.25) is 14.5 Å². The summed E-state index contributed by atoms with van der Waals surface area (Å²) >= 11 is 9.77. The van der Waals surface area contributed by atoms with Crippen LogP contribution >= 0.6 is 46.5 Å². The van der Waals surface area contributed by atoms with E-state index in [9.17, 15) is 14.4 Å². The number of hydrogen-bond donors (Lipinski definition) is 1. The third kappa shape index (κ3) is 5.40. The first kappa shape index (κ1) is 26.1. The lowest BCUT2D eigenvalue weighted by Gasteiger charge is -2.49. The molecule has 0 aliphatic carbocycles. The third-order valence-corrected chi connectivity index (χ3v) is 8.05. The van der Waals surface area contributed by atoms with E-state index in [2.05, 4.69) is 37.6 Å². The van der Waals surface area contributed by atoms with Crippen LogP contribution in [0.4, 0.5) is 0 Å². The third-order valence-electron chi connectivity index (χ3n) is 4.92. The number of halogens is 1. The highest BCUT2D eigenvalue weighted by atomic mass is 35.5. The number of β-lactam (4-membered cyclic amide) rings is 1. The van der Waals surface area contributed by atoms with Crippen molar-refractivity contribution in [3.05, 3.63) is 39.5 Å². The second-order valence-electron chi connectivity index (χ2n) is 7.28. The highest BCUT2D eigenvalue weighted by Crippen LogP contribution is 2.42. The van der Waals surface area contributed by atoms with Crippen LogP contribution in [0.2, 0.25) is 0 Å². The smallest absolute Gasteiger partial charge is 0.355 e. The molecule has 0 bridgehead atoms. The van der Waals surface area contributed by atoms with Gasteiger partial charge in [-0.2, -0.15) is 0 Å². The molecule has 0 saturated carbocycles. The van der Waals surface area contributed by atoms with Crippen molar-refractivity contribution in [1.82, 2.24) is 35.4 Å². The average Bonchev–Trinajstić information content (AvgIpc) is 3.54. The summed E-state index contributed by atoms with van der Waals surface area (Å²) in [6.07, 6.45) is 0. The fraction of sp³-hybridized carbons (Fsp3) is 0.368. The summed E-state index contributed by atoms with van der Waals surface area (Å²) in [5.41, 5.74) is 2.59. The minimum Gasteiger partial charge on any atom is -0.455 e. The number of nitrogens with one attached hydrogen (secondary N) is 1. The number of carbonyl (C=O) groups excluding carboxylic acids is 3. The Morgan fingerprint density at radius 3 is 2.89 bits per heavy atom. The molecule has 0 aromatic carbocycles. The topological polar surface area (TPSA) is 154 Å². The standard InChI is InChI=1S/C19H19ClN8O5S3/c1-9(20)4-33-18(31)14-10(6-36-19-23-25-26-27(19)2)5-35-17-13(16(30)28(14)17)22-15(29)12(24-32-3)11-7-34-8-21-11/h7-8,13,17H,1,4-6H2,2-3H3,(H,22,29)/t13?,17-/m0/s1. The van der Waals surface area contributed by atoms with Gasteiger partial charge in [0.1, 0.15) is 36.5 Å². The summed E-state index contributed by atoms with van der Waals surface area (Å²) < 4.78 is 6.76. The molecule has 2 atom stereocenters. The Labute approximate surface area is 222 Å². The molecule has 0 spiro atoms. The van der Waals surface area contributed by atoms with Crippen molar-refractivity contribution in [2.24, 2.45) is 12.2 Å². The number of esters is 1. The number of oxime groups is 1. The summed E-state index contributed by atoms with van der Waals surface area (Å²) in [5, 5.41) is 19.5. The molecule has 2 aliphatic rings. The van der Waals surface area contributed by atoms with Gasteiger partial charge in [0.15, 0.2) is 5.71 Å². The Hall–Kier alpha value is -2.95. The maximum Gasteiger partial charge on any atom is 0.355 e.